The van der Waals surface area contributed by atoms with Gasteiger partial charge in [0, 0.05) is 25.6 Å². The summed E-state index contributed by atoms with van der Waals surface area (Å²) in [4.78, 5) is 25.8. The molecule has 1 N–H and O–H groups in total. The summed E-state index contributed by atoms with van der Waals surface area (Å²) in [6.07, 6.45) is 2.94. The van der Waals surface area contributed by atoms with Gasteiger partial charge < -0.3 is 14.6 Å². The quantitative estimate of drug-likeness (QED) is 0.915. The van der Waals surface area contributed by atoms with Crippen molar-refractivity contribution in [3.63, 3.8) is 0 Å². The lowest BCUT2D eigenvalue weighted by Gasteiger charge is -2.30. The summed E-state index contributed by atoms with van der Waals surface area (Å²) in [5, 5.41) is 2.96. The Morgan fingerprint density at radius 1 is 1.40 bits per heavy atom. The highest BCUT2D eigenvalue weighted by Gasteiger charge is 2.28. The summed E-state index contributed by atoms with van der Waals surface area (Å²) in [6.45, 7) is 6.08. The van der Waals surface area contributed by atoms with E-state index in [4.69, 9.17) is 4.42 Å². The molecule has 5 nitrogen and oxygen atoms in total. The number of furan rings is 1. The molecular weight excluding hydrogens is 256 g/mol. The van der Waals surface area contributed by atoms with Crippen molar-refractivity contribution < 1.29 is 14.0 Å². The van der Waals surface area contributed by atoms with Gasteiger partial charge in [-0.3, -0.25) is 9.59 Å². The largest absolute Gasteiger partial charge is 0.459 e. The van der Waals surface area contributed by atoms with E-state index in [1.165, 1.54) is 6.26 Å². The summed E-state index contributed by atoms with van der Waals surface area (Å²) in [6, 6.07) is 3.38. The lowest BCUT2D eigenvalue weighted by molar-refractivity contribution is -0.126. The molecule has 1 aromatic heterocycles. The third-order valence-electron chi connectivity index (χ3n) is 3.57. The number of piperidine rings is 1. The second kappa shape index (κ2) is 6.59. The first kappa shape index (κ1) is 14.6. The summed E-state index contributed by atoms with van der Waals surface area (Å²) in [5.41, 5.74) is 0. The van der Waals surface area contributed by atoms with E-state index in [1.807, 2.05) is 0 Å². The van der Waals surface area contributed by atoms with Crippen LogP contribution < -0.4 is 5.32 Å². The number of carbonyl (C=O) groups is 2. The molecule has 0 bridgehead atoms. The van der Waals surface area contributed by atoms with Crippen LogP contribution in [0.3, 0.4) is 0 Å². The highest BCUT2D eigenvalue weighted by molar-refractivity contribution is 5.91. The van der Waals surface area contributed by atoms with Crippen molar-refractivity contribution in [2.24, 2.45) is 11.8 Å². The van der Waals surface area contributed by atoms with Gasteiger partial charge in [-0.25, -0.2) is 0 Å². The van der Waals surface area contributed by atoms with E-state index in [0.29, 0.717) is 31.3 Å². The standard InChI is InChI=1S/C15H22N2O3/c1-11(2)10-16-14(18)12-5-7-17(8-6-12)15(19)13-4-3-9-20-13/h3-4,9,11-12H,5-8,10H2,1-2H3,(H,16,18). The molecule has 0 unspecified atom stereocenters. The Morgan fingerprint density at radius 3 is 2.65 bits per heavy atom. The first-order valence-electron chi connectivity index (χ1n) is 7.18. The van der Waals surface area contributed by atoms with Crippen molar-refractivity contribution in [3.05, 3.63) is 24.2 Å². The van der Waals surface area contributed by atoms with Gasteiger partial charge in [0.05, 0.1) is 6.26 Å². The van der Waals surface area contributed by atoms with Crippen molar-refractivity contribution in [2.75, 3.05) is 19.6 Å². The van der Waals surface area contributed by atoms with Gasteiger partial charge in [-0.1, -0.05) is 13.8 Å². The van der Waals surface area contributed by atoms with Crippen molar-refractivity contribution in [3.8, 4) is 0 Å². The first-order valence-corrected chi connectivity index (χ1v) is 7.18. The van der Waals surface area contributed by atoms with Crippen molar-refractivity contribution in [1.29, 1.82) is 0 Å². The Bertz CT molecular complexity index is 446. The zero-order valence-corrected chi connectivity index (χ0v) is 12.1. The molecule has 2 heterocycles. The number of amides is 2. The zero-order valence-electron chi connectivity index (χ0n) is 12.1. The molecule has 2 rings (SSSR count). The molecule has 2 amide bonds. The van der Waals surface area contributed by atoms with E-state index < -0.39 is 0 Å². The highest BCUT2D eigenvalue weighted by atomic mass is 16.3. The smallest absolute Gasteiger partial charge is 0.289 e. The van der Waals surface area contributed by atoms with E-state index in [9.17, 15) is 9.59 Å². The number of hydrogen-bond donors (Lipinski definition) is 1. The number of hydrogen-bond acceptors (Lipinski definition) is 3. The van der Waals surface area contributed by atoms with Gasteiger partial charge in [-0.05, 0) is 30.9 Å². The van der Waals surface area contributed by atoms with Crippen LogP contribution in [0.2, 0.25) is 0 Å². The normalized spacial score (nSPS) is 16.4. The Labute approximate surface area is 119 Å². The molecule has 0 aliphatic carbocycles. The first-order chi connectivity index (χ1) is 9.58. The minimum atomic E-state index is -0.0870. The van der Waals surface area contributed by atoms with Crippen LogP contribution in [0.25, 0.3) is 0 Å². The van der Waals surface area contributed by atoms with Crippen molar-refractivity contribution >= 4 is 11.8 Å². The average Bonchev–Trinajstić information content (AvgIpc) is 2.98. The van der Waals surface area contributed by atoms with Gasteiger partial charge in [0.15, 0.2) is 5.76 Å². The Balaban J connectivity index is 1.80. The predicted molar refractivity (Wildman–Crippen MR) is 75.2 cm³/mol. The van der Waals surface area contributed by atoms with Gasteiger partial charge >= 0.3 is 0 Å². The van der Waals surface area contributed by atoms with Gasteiger partial charge in [-0.2, -0.15) is 0 Å². The molecule has 1 aliphatic heterocycles. The molecule has 0 aromatic carbocycles. The summed E-state index contributed by atoms with van der Waals surface area (Å²) in [7, 11) is 0. The highest BCUT2D eigenvalue weighted by Crippen LogP contribution is 2.19. The van der Waals surface area contributed by atoms with Crippen LogP contribution >= 0.6 is 0 Å². The van der Waals surface area contributed by atoms with Crippen LogP contribution in [0.4, 0.5) is 0 Å². The number of carbonyl (C=O) groups excluding carboxylic acids is 2. The zero-order chi connectivity index (χ0) is 14.5. The molecule has 0 radical (unpaired) electrons. The van der Waals surface area contributed by atoms with Gasteiger partial charge in [0.2, 0.25) is 5.91 Å². The molecule has 1 aromatic rings. The minimum absolute atomic E-state index is 0.0226. The summed E-state index contributed by atoms with van der Waals surface area (Å²) in [5.74, 6) is 0.876. The third-order valence-corrected chi connectivity index (χ3v) is 3.57. The third kappa shape index (κ3) is 3.62. The lowest BCUT2D eigenvalue weighted by atomic mass is 9.95. The second-order valence-corrected chi connectivity index (χ2v) is 5.68. The number of nitrogens with zero attached hydrogens (tertiary/aromatic N) is 1. The maximum absolute atomic E-state index is 12.1. The molecule has 0 saturated carbocycles. The second-order valence-electron chi connectivity index (χ2n) is 5.68. The van der Waals surface area contributed by atoms with E-state index >= 15 is 0 Å². The average molecular weight is 278 g/mol. The minimum Gasteiger partial charge on any atom is -0.459 e. The molecular formula is C15H22N2O3. The molecule has 0 spiro atoms. The van der Waals surface area contributed by atoms with E-state index in [2.05, 4.69) is 19.2 Å². The number of nitrogens with one attached hydrogen (secondary N) is 1. The van der Waals surface area contributed by atoms with Crippen LogP contribution in [0.15, 0.2) is 22.8 Å². The van der Waals surface area contributed by atoms with Crippen LogP contribution in [-0.4, -0.2) is 36.3 Å². The molecule has 110 valence electrons. The summed E-state index contributed by atoms with van der Waals surface area (Å²) < 4.78 is 5.12. The maximum Gasteiger partial charge on any atom is 0.289 e. The monoisotopic (exact) mass is 278 g/mol. The Hall–Kier alpha value is -1.78. The van der Waals surface area contributed by atoms with E-state index in [0.717, 1.165) is 12.8 Å². The molecule has 1 saturated heterocycles. The van der Waals surface area contributed by atoms with Gasteiger partial charge in [-0.15, -0.1) is 0 Å². The van der Waals surface area contributed by atoms with Crippen LogP contribution in [0.1, 0.15) is 37.2 Å². The van der Waals surface area contributed by atoms with Crippen molar-refractivity contribution in [1.82, 2.24) is 10.2 Å². The van der Waals surface area contributed by atoms with Crippen LogP contribution in [-0.2, 0) is 4.79 Å². The Morgan fingerprint density at radius 2 is 2.10 bits per heavy atom. The molecule has 20 heavy (non-hydrogen) atoms. The van der Waals surface area contributed by atoms with Crippen LogP contribution in [0.5, 0.6) is 0 Å². The fourth-order valence-electron chi connectivity index (χ4n) is 2.35. The molecule has 0 atom stereocenters. The van der Waals surface area contributed by atoms with Crippen molar-refractivity contribution in [2.45, 2.75) is 26.7 Å². The fraction of sp³-hybridized carbons (Fsp3) is 0.600. The molecule has 1 fully saturated rings. The van der Waals surface area contributed by atoms with Gasteiger partial charge in [0.25, 0.3) is 5.91 Å². The maximum atomic E-state index is 12.1. The summed E-state index contributed by atoms with van der Waals surface area (Å²) >= 11 is 0. The lowest BCUT2D eigenvalue weighted by Crippen LogP contribution is -2.43. The van der Waals surface area contributed by atoms with E-state index in [1.54, 1.807) is 17.0 Å². The fourth-order valence-corrected chi connectivity index (χ4v) is 2.35. The number of rotatable bonds is 4. The SMILES string of the molecule is CC(C)CNC(=O)C1CCN(C(=O)c2ccco2)CC1. The molecule has 5 heteroatoms. The molecule has 1 aliphatic rings. The predicted octanol–water partition coefficient (Wildman–Crippen LogP) is 1.90. The number of likely N-dealkylation sites (tertiary alicyclic amines) is 1. The van der Waals surface area contributed by atoms with E-state index in [-0.39, 0.29) is 17.7 Å². The van der Waals surface area contributed by atoms with Crippen LogP contribution in [0, 0.1) is 11.8 Å². The Kier molecular flexibility index (Phi) is 4.82. The topological polar surface area (TPSA) is 62.6 Å². The van der Waals surface area contributed by atoms with Gasteiger partial charge in [0.1, 0.15) is 0 Å².